The lowest BCUT2D eigenvalue weighted by Gasteiger charge is -2.13. The fraction of sp³-hybridized carbons (Fsp3) is 0.0556. The Bertz CT molecular complexity index is 1720. The zero-order valence-corrected chi connectivity index (χ0v) is 18.9. The van der Waals surface area contributed by atoms with E-state index in [1.807, 2.05) is 0 Å². The first-order chi connectivity index (χ1) is 15.5. The zero-order chi connectivity index (χ0) is 24.0. The van der Waals surface area contributed by atoms with Crippen molar-refractivity contribution in [3.63, 3.8) is 0 Å². The molecule has 0 saturated heterocycles. The van der Waals surface area contributed by atoms with E-state index in [1.165, 1.54) is 30.6 Å². The first-order valence-electron chi connectivity index (χ1n) is 8.76. The monoisotopic (exact) mass is 504 g/mol. The highest BCUT2D eigenvalue weighted by Crippen LogP contribution is 2.43. The molecule has 0 radical (unpaired) electrons. The van der Waals surface area contributed by atoms with Crippen molar-refractivity contribution in [2.75, 3.05) is 11.0 Å². The number of nitrogens with zero attached hydrogens (tertiary/aromatic N) is 5. The molecule has 0 amide bonds. The van der Waals surface area contributed by atoms with Crippen LogP contribution in [0.1, 0.15) is 0 Å². The Kier molecular flexibility index (Phi) is 5.46. The number of phenols is 1. The van der Waals surface area contributed by atoms with Crippen molar-refractivity contribution in [2.45, 2.75) is 4.90 Å². The second-order valence-electron chi connectivity index (χ2n) is 6.67. The minimum Gasteiger partial charge on any atom is -0.506 e. The maximum atomic E-state index is 11.8. The molecule has 0 aliphatic rings. The van der Waals surface area contributed by atoms with Gasteiger partial charge < -0.3 is 5.11 Å². The SMILES string of the molecule is [C-]#[N+]c1cncc2c(N=Nc3cc(S(=O)(=O)O)c(O)c4cccc(NS(C)(=O)=O)c34)snc12. The van der Waals surface area contributed by atoms with E-state index in [9.17, 15) is 26.5 Å². The van der Waals surface area contributed by atoms with Crippen molar-refractivity contribution in [1.29, 1.82) is 0 Å². The lowest BCUT2D eigenvalue weighted by molar-refractivity contribution is 0.448. The second kappa shape index (κ2) is 8.01. The van der Waals surface area contributed by atoms with E-state index in [1.54, 1.807) is 0 Å². The number of sulfonamides is 1. The predicted octanol–water partition coefficient (Wildman–Crippen LogP) is 4.13. The van der Waals surface area contributed by atoms with Gasteiger partial charge in [-0.2, -0.15) is 8.42 Å². The maximum Gasteiger partial charge on any atom is 0.298 e. The Morgan fingerprint density at radius 3 is 2.58 bits per heavy atom. The third-order valence-electron chi connectivity index (χ3n) is 4.37. The molecule has 0 bridgehead atoms. The highest BCUT2D eigenvalue weighted by molar-refractivity contribution is 7.92. The number of fused-ring (bicyclic) bond motifs is 2. The average Bonchev–Trinajstić information content (AvgIpc) is 3.15. The lowest BCUT2D eigenvalue weighted by Crippen LogP contribution is -2.10. The molecule has 0 atom stereocenters. The molecule has 15 heteroatoms. The van der Waals surface area contributed by atoms with Crippen molar-refractivity contribution in [1.82, 2.24) is 9.36 Å². The van der Waals surface area contributed by atoms with Gasteiger partial charge in [-0.25, -0.2) is 17.6 Å². The van der Waals surface area contributed by atoms with Gasteiger partial charge in [-0.1, -0.05) is 12.1 Å². The average molecular weight is 505 g/mol. The molecule has 0 fully saturated rings. The van der Waals surface area contributed by atoms with Gasteiger partial charge in [0.25, 0.3) is 10.1 Å². The molecule has 168 valence electrons. The molecule has 33 heavy (non-hydrogen) atoms. The number of hydrogen-bond donors (Lipinski definition) is 3. The molecular formula is C18H12N6O6S3. The fourth-order valence-electron chi connectivity index (χ4n) is 3.07. The van der Waals surface area contributed by atoms with E-state index in [0.29, 0.717) is 10.9 Å². The van der Waals surface area contributed by atoms with Crippen LogP contribution >= 0.6 is 11.5 Å². The zero-order valence-electron chi connectivity index (χ0n) is 16.5. The van der Waals surface area contributed by atoms with Crippen LogP contribution in [0, 0.1) is 6.57 Å². The van der Waals surface area contributed by atoms with E-state index in [-0.39, 0.29) is 32.8 Å². The molecule has 0 unspecified atom stereocenters. The quantitative estimate of drug-likeness (QED) is 0.206. The summed E-state index contributed by atoms with van der Waals surface area (Å²) in [5.74, 6) is -0.780. The third kappa shape index (κ3) is 4.32. The predicted molar refractivity (Wildman–Crippen MR) is 122 cm³/mol. The third-order valence-corrected chi connectivity index (χ3v) is 6.58. The number of phenolic OH excluding ortho intramolecular Hbond substituents is 1. The van der Waals surface area contributed by atoms with Crippen molar-refractivity contribution >= 4 is 75.4 Å². The Hall–Kier alpha value is -3.71. The highest BCUT2D eigenvalue weighted by atomic mass is 32.2. The number of nitrogens with one attached hydrogen (secondary N) is 1. The summed E-state index contributed by atoms with van der Waals surface area (Å²) in [5, 5.41) is 19.2. The molecular weight excluding hydrogens is 492 g/mol. The van der Waals surface area contributed by atoms with Crippen molar-refractivity contribution in [3.05, 3.63) is 48.1 Å². The number of anilines is 1. The van der Waals surface area contributed by atoms with E-state index < -0.39 is 30.8 Å². The van der Waals surface area contributed by atoms with Crippen molar-refractivity contribution in [2.24, 2.45) is 10.2 Å². The number of pyridine rings is 1. The summed E-state index contributed by atoms with van der Waals surface area (Å²) in [7, 11) is -8.60. The Morgan fingerprint density at radius 1 is 1.15 bits per heavy atom. The highest BCUT2D eigenvalue weighted by Gasteiger charge is 2.23. The van der Waals surface area contributed by atoms with Crippen molar-refractivity contribution in [3.8, 4) is 5.75 Å². The van der Waals surface area contributed by atoms with Crippen LogP contribution in [-0.2, 0) is 20.1 Å². The molecule has 0 aliphatic heterocycles. The largest absolute Gasteiger partial charge is 0.506 e. The Balaban J connectivity index is 2.00. The summed E-state index contributed by atoms with van der Waals surface area (Å²) in [5.41, 5.74) is 0.437. The number of rotatable bonds is 5. The van der Waals surface area contributed by atoms with Crippen LogP contribution in [0.3, 0.4) is 0 Å². The molecule has 12 nitrogen and oxygen atoms in total. The standard InChI is InChI=1S/C18H12N6O6S3/c1-19-13-8-20-7-10-16(13)23-31-18(10)22-21-12-6-14(33(28,29)30)17(25)9-4-3-5-11(15(9)12)24-32(2,26)27/h3-8,24-25H,2H3,(H,28,29,30). The summed E-state index contributed by atoms with van der Waals surface area (Å²) in [6, 6.07) is 4.98. The molecule has 2 heterocycles. The van der Waals surface area contributed by atoms with Gasteiger partial charge in [0.15, 0.2) is 5.00 Å². The minimum atomic E-state index is -4.85. The number of aromatic nitrogens is 2. The van der Waals surface area contributed by atoms with Crippen LogP contribution in [0.2, 0.25) is 0 Å². The fourth-order valence-corrected chi connectivity index (χ4v) is 4.95. The van der Waals surface area contributed by atoms with Crippen LogP contribution in [0.15, 0.2) is 51.8 Å². The summed E-state index contributed by atoms with van der Waals surface area (Å²) in [4.78, 5) is 6.47. The molecule has 2 aromatic carbocycles. The summed E-state index contributed by atoms with van der Waals surface area (Å²) >= 11 is 0.922. The van der Waals surface area contributed by atoms with Gasteiger partial charge in [-0.3, -0.25) is 14.3 Å². The summed E-state index contributed by atoms with van der Waals surface area (Å²) in [6.45, 7) is 7.19. The number of azo groups is 1. The lowest BCUT2D eigenvalue weighted by atomic mass is 10.1. The smallest absolute Gasteiger partial charge is 0.298 e. The molecule has 3 N–H and O–H groups in total. The number of aromatic hydroxyl groups is 1. The van der Waals surface area contributed by atoms with E-state index in [4.69, 9.17) is 6.57 Å². The van der Waals surface area contributed by atoms with Crippen LogP contribution in [-0.4, -0.2) is 42.1 Å². The normalized spacial score (nSPS) is 12.4. The molecule has 2 aromatic heterocycles. The summed E-state index contributed by atoms with van der Waals surface area (Å²) in [6.07, 6.45) is 3.72. The van der Waals surface area contributed by atoms with E-state index in [2.05, 4.69) is 29.2 Å². The molecule has 0 saturated carbocycles. The molecule has 0 aliphatic carbocycles. The van der Waals surface area contributed by atoms with Gasteiger partial charge >= 0.3 is 0 Å². The van der Waals surface area contributed by atoms with Crippen LogP contribution in [0.4, 0.5) is 22.1 Å². The van der Waals surface area contributed by atoms with Gasteiger partial charge in [0, 0.05) is 28.6 Å². The van der Waals surface area contributed by atoms with Crippen LogP contribution in [0.5, 0.6) is 5.75 Å². The minimum absolute atomic E-state index is 0.00672. The maximum absolute atomic E-state index is 11.8. The van der Waals surface area contributed by atoms with Crippen LogP contribution < -0.4 is 4.72 Å². The second-order valence-corrected chi connectivity index (χ2v) is 10.6. The van der Waals surface area contributed by atoms with Crippen molar-refractivity contribution < 1.29 is 26.5 Å². The Morgan fingerprint density at radius 2 is 1.91 bits per heavy atom. The molecule has 4 aromatic rings. The first kappa shape index (κ1) is 22.5. The van der Waals surface area contributed by atoms with Gasteiger partial charge in [-0.05, 0) is 23.7 Å². The number of benzene rings is 2. The molecule has 0 spiro atoms. The molecule has 4 rings (SSSR count). The van der Waals surface area contributed by atoms with Gasteiger partial charge in [0.1, 0.15) is 10.6 Å². The Labute approximate surface area is 191 Å². The van der Waals surface area contributed by atoms with Gasteiger partial charge in [0.05, 0.1) is 29.7 Å². The first-order valence-corrected chi connectivity index (χ1v) is 12.9. The van der Waals surface area contributed by atoms with E-state index >= 15 is 0 Å². The number of hydrogen-bond acceptors (Lipinski definition) is 10. The van der Waals surface area contributed by atoms with Gasteiger partial charge in [0.2, 0.25) is 15.7 Å². The summed E-state index contributed by atoms with van der Waals surface area (Å²) < 4.78 is 63.2. The van der Waals surface area contributed by atoms with E-state index in [0.717, 1.165) is 23.9 Å². The van der Waals surface area contributed by atoms with Gasteiger partial charge in [-0.15, -0.1) is 10.2 Å². The topological polar surface area (TPSA) is 176 Å². The van der Waals surface area contributed by atoms with Crippen LogP contribution in [0.25, 0.3) is 26.5 Å².